The quantitative estimate of drug-likeness (QED) is 0.350. The van der Waals surface area contributed by atoms with Gasteiger partial charge in [0.2, 0.25) is 0 Å². The largest absolute Gasteiger partial charge is 0.573 e. The van der Waals surface area contributed by atoms with E-state index in [1.165, 1.54) is 17.7 Å². The molecule has 3 aromatic carbocycles. The summed E-state index contributed by atoms with van der Waals surface area (Å²) in [4.78, 5) is 0. The summed E-state index contributed by atoms with van der Waals surface area (Å²) in [5.74, 6) is 1.46. The van der Waals surface area contributed by atoms with Crippen LogP contribution in [-0.2, 0) is 12.8 Å². The number of ether oxygens (including phenoxy) is 2. The molecule has 3 aromatic rings. The van der Waals surface area contributed by atoms with E-state index in [0.717, 1.165) is 49.2 Å². The van der Waals surface area contributed by atoms with Gasteiger partial charge in [-0.2, -0.15) is 0 Å². The van der Waals surface area contributed by atoms with Crippen molar-refractivity contribution in [2.75, 3.05) is 0 Å². The molecule has 2 nitrogen and oxygen atoms in total. The number of benzene rings is 3. The van der Waals surface area contributed by atoms with Gasteiger partial charge in [-0.15, -0.1) is 13.2 Å². The zero-order chi connectivity index (χ0) is 20.5. The summed E-state index contributed by atoms with van der Waals surface area (Å²) in [5, 5.41) is 0. The third-order valence-corrected chi connectivity index (χ3v) is 4.47. The average Bonchev–Trinajstić information content (AvgIpc) is 2.69. The standard InChI is InChI=1S/C24H23F3O2/c25-24(26,27)29-22-16-14-19(15-17-22)8-3-1-4-9-20-10-7-13-23(18-20)28-21-11-5-2-6-12-21/h2,5-7,10-18H,1,3-4,8-9H2. The lowest BCUT2D eigenvalue weighted by Gasteiger charge is -2.09. The first-order chi connectivity index (χ1) is 14.0. The molecule has 0 amide bonds. The Kier molecular flexibility index (Phi) is 7.17. The van der Waals surface area contributed by atoms with Crippen molar-refractivity contribution in [1.82, 2.24) is 0 Å². The molecule has 0 saturated carbocycles. The SMILES string of the molecule is FC(F)(F)Oc1ccc(CCCCCc2cccc(Oc3ccccc3)c2)cc1. The highest BCUT2D eigenvalue weighted by molar-refractivity contribution is 5.34. The van der Waals surface area contributed by atoms with Crippen LogP contribution in [0.15, 0.2) is 78.9 Å². The molecule has 0 aliphatic rings. The van der Waals surface area contributed by atoms with Crippen LogP contribution in [0.1, 0.15) is 30.4 Å². The Hall–Kier alpha value is -2.95. The first-order valence-corrected chi connectivity index (χ1v) is 9.64. The third kappa shape index (κ3) is 7.53. The van der Waals surface area contributed by atoms with Crippen molar-refractivity contribution in [2.24, 2.45) is 0 Å². The van der Waals surface area contributed by atoms with Gasteiger partial charge < -0.3 is 9.47 Å². The molecule has 0 N–H and O–H groups in total. The first kappa shape index (κ1) is 20.8. The second kappa shape index (κ2) is 10.0. The zero-order valence-corrected chi connectivity index (χ0v) is 16.0. The van der Waals surface area contributed by atoms with E-state index in [0.29, 0.717) is 0 Å². The van der Waals surface area contributed by atoms with Crippen LogP contribution in [0.5, 0.6) is 17.2 Å². The van der Waals surface area contributed by atoms with Crippen LogP contribution < -0.4 is 9.47 Å². The molecule has 5 heteroatoms. The van der Waals surface area contributed by atoms with Gasteiger partial charge in [-0.3, -0.25) is 0 Å². The minimum Gasteiger partial charge on any atom is -0.457 e. The van der Waals surface area contributed by atoms with Gasteiger partial charge in [0, 0.05) is 0 Å². The van der Waals surface area contributed by atoms with Crippen LogP contribution in [0.4, 0.5) is 13.2 Å². The number of unbranched alkanes of at least 4 members (excludes halogenated alkanes) is 2. The summed E-state index contributed by atoms with van der Waals surface area (Å²) in [6, 6.07) is 23.9. The van der Waals surface area contributed by atoms with Crippen LogP contribution >= 0.6 is 0 Å². The lowest BCUT2D eigenvalue weighted by molar-refractivity contribution is -0.274. The fourth-order valence-corrected chi connectivity index (χ4v) is 3.08. The Morgan fingerprint density at radius 2 is 1.24 bits per heavy atom. The molecule has 0 fully saturated rings. The maximum absolute atomic E-state index is 12.2. The van der Waals surface area contributed by atoms with Crippen molar-refractivity contribution in [2.45, 2.75) is 38.5 Å². The molecule has 0 spiro atoms. The van der Waals surface area contributed by atoms with Crippen molar-refractivity contribution >= 4 is 0 Å². The second-order valence-electron chi connectivity index (χ2n) is 6.81. The number of hydrogen-bond acceptors (Lipinski definition) is 2. The first-order valence-electron chi connectivity index (χ1n) is 9.64. The number of alkyl halides is 3. The maximum Gasteiger partial charge on any atom is 0.573 e. The molecule has 0 atom stereocenters. The normalized spacial score (nSPS) is 11.3. The van der Waals surface area contributed by atoms with Crippen molar-refractivity contribution < 1.29 is 22.6 Å². The predicted octanol–water partition coefficient (Wildman–Crippen LogP) is 7.33. The summed E-state index contributed by atoms with van der Waals surface area (Å²) in [5.41, 5.74) is 2.24. The van der Waals surface area contributed by atoms with E-state index in [1.807, 2.05) is 42.5 Å². The zero-order valence-electron chi connectivity index (χ0n) is 16.0. The molecule has 29 heavy (non-hydrogen) atoms. The van der Waals surface area contributed by atoms with Gasteiger partial charge in [0.05, 0.1) is 0 Å². The van der Waals surface area contributed by atoms with E-state index in [4.69, 9.17) is 4.74 Å². The predicted molar refractivity (Wildman–Crippen MR) is 107 cm³/mol. The molecule has 0 unspecified atom stereocenters. The Morgan fingerprint density at radius 1 is 0.586 bits per heavy atom. The lowest BCUT2D eigenvalue weighted by Crippen LogP contribution is -2.17. The molecule has 152 valence electrons. The summed E-state index contributed by atoms with van der Waals surface area (Å²) >= 11 is 0. The lowest BCUT2D eigenvalue weighted by atomic mass is 10.0. The molecule has 0 bridgehead atoms. The summed E-state index contributed by atoms with van der Waals surface area (Å²) in [6.07, 6.45) is 0.229. The number of aryl methyl sites for hydroxylation is 2. The van der Waals surface area contributed by atoms with E-state index in [1.54, 1.807) is 12.1 Å². The van der Waals surface area contributed by atoms with Gasteiger partial charge in [0.15, 0.2) is 0 Å². The maximum atomic E-state index is 12.2. The molecule has 0 radical (unpaired) electrons. The van der Waals surface area contributed by atoms with Crippen LogP contribution in [0.25, 0.3) is 0 Å². The Morgan fingerprint density at radius 3 is 1.93 bits per heavy atom. The number of hydrogen-bond donors (Lipinski definition) is 0. The van der Waals surface area contributed by atoms with Crippen molar-refractivity contribution in [3.8, 4) is 17.2 Å². The molecule has 0 aromatic heterocycles. The van der Waals surface area contributed by atoms with Gasteiger partial charge in [-0.1, -0.05) is 48.9 Å². The topological polar surface area (TPSA) is 18.5 Å². The van der Waals surface area contributed by atoms with Gasteiger partial charge in [-0.25, -0.2) is 0 Å². The monoisotopic (exact) mass is 400 g/mol. The van der Waals surface area contributed by atoms with Gasteiger partial charge in [0.1, 0.15) is 17.2 Å². The smallest absolute Gasteiger partial charge is 0.457 e. The molecule has 0 heterocycles. The summed E-state index contributed by atoms with van der Waals surface area (Å²) < 4.78 is 46.3. The summed E-state index contributed by atoms with van der Waals surface area (Å²) in [7, 11) is 0. The van der Waals surface area contributed by atoms with Gasteiger partial charge in [-0.05, 0) is 73.2 Å². The molecule has 3 rings (SSSR count). The average molecular weight is 400 g/mol. The Balaban J connectivity index is 1.39. The van der Waals surface area contributed by atoms with Crippen molar-refractivity contribution in [3.05, 3.63) is 90.0 Å². The molecular weight excluding hydrogens is 377 g/mol. The highest BCUT2D eigenvalue weighted by Crippen LogP contribution is 2.24. The van der Waals surface area contributed by atoms with Crippen LogP contribution in [0.2, 0.25) is 0 Å². The Bertz CT molecular complexity index is 875. The van der Waals surface area contributed by atoms with Crippen LogP contribution in [0, 0.1) is 0 Å². The number of para-hydroxylation sites is 1. The second-order valence-corrected chi connectivity index (χ2v) is 6.81. The minimum absolute atomic E-state index is 0.182. The van der Waals surface area contributed by atoms with Crippen molar-refractivity contribution in [1.29, 1.82) is 0 Å². The fraction of sp³-hybridized carbons (Fsp3) is 0.250. The highest BCUT2D eigenvalue weighted by Gasteiger charge is 2.30. The van der Waals surface area contributed by atoms with Gasteiger partial charge >= 0.3 is 6.36 Å². The van der Waals surface area contributed by atoms with Crippen LogP contribution in [-0.4, -0.2) is 6.36 Å². The third-order valence-electron chi connectivity index (χ3n) is 4.47. The van der Waals surface area contributed by atoms with E-state index in [9.17, 15) is 13.2 Å². The number of rotatable bonds is 9. The van der Waals surface area contributed by atoms with E-state index < -0.39 is 6.36 Å². The van der Waals surface area contributed by atoms with E-state index in [2.05, 4.69) is 16.9 Å². The molecule has 0 aliphatic carbocycles. The fourth-order valence-electron chi connectivity index (χ4n) is 3.08. The molecular formula is C24H23F3O2. The number of halogens is 3. The van der Waals surface area contributed by atoms with Gasteiger partial charge in [0.25, 0.3) is 0 Å². The van der Waals surface area contributed by atoms with Crippen LogP contribution in [0.3, 0.4) is 0 Å². The van der Waals surface area contributed by atoms with E-state index in [-0.39, 0.29) is 5.75 Å². The summed E-state index contributed by atoms with van der Waals surface area (Å²) in [6.45, 7) is 0. The highest BCUT2D eigenvalue weighted by atomic mass is 19.4. The molecule has 0 aliphatic heterocycles. The molecule has 0 saturated heterocycles. The van der Waals surface area contributed by atoms with Crippen molar-refractivity contribution in [3.63, 3.8) is 0 Å². The minimum atomic E-state index is -4.65. The van der Waals surface area contributed by atoms with E-state index >= 15 is 0 Å². The Labute approximate surface area is 168 Å².